The van der Waals surface area contributed by atoms with E-state index in [2.05, 4.69) is 5.32 Å². The summed E-state index contributed by atoms with van der Waals surface area (Å²) >= 11 is 1.43. The molecule has 132 valence electrons. The zero-order valence-corrected chi connectivity index (χ0v) is 14.9. The number of anilines is 1. The van der Waals surface area contributed by atoms with Crippen LogP contribution in [0.15, 0.2) is 29.3 Å². The third-order valence-corrected chi connectivity index (χ3v) is 5.66. The molecule has 3 fully saturated rings. The number of methoxy groups -OCH3 is 1. The van der Waals surface area contributed by atoms with E-state index in [1.165, 1.54) is 11.8 Å². The third-order valence-electron chi connectivity index (χ3n) is 4.48. The van der Waals surface area contributed by atoms with Gasteiger partial charge in [-0.3, -0.25) is 19.5 Å². The van der Waals surface area contributed by atoms with Crippen molar-refractivity contribution in [1.82, 2.24) is 4.90 Å². The fraction of sp³-hybridized carbons (Fsp3) is 0.500. The van der Waals surface area contributed by atoms with Crippen LogP contribution in [0.2, 0.25) is 0 Å². The number of nitrogens with zero attached hydrogens (tertiary/aromatic N) is 2. The van der Waals surface area contributed by atoms with Crippen molar-refractivity contribution in [3.05, 3.63) is 24.3 Å². The monoisotopic (exact) mass is 359 g/mol. The molecular weight excluding hydrogens is 338 g/mol. The van der Waals surface area contributed by atoms with Crippen molar-refractivity contribution in [1.29, 1.82) is 0 Å². The Labute approximate surface area is 151 Å². The summed E-state index contributed by atoms with van der Waals surface area (Å²) in [5.41, 5.74) is 0.698. The second-order valence-corrected chi connectivity index (χ2v) is 7.84. The lowest BCUT2D eigenvalue weighted by Crippen LogP contribution is -2.46. The molecule has 1 atom stereocenters. The summed E-state index contributed by atoms with van der Waals surface area (Å²) in [7, 11) is 1.60. The Kier molecular flexibility index (Phi) is 4.41. The highest BCUT2D eigenvalue weighted by Crippen LogP contribution is 2.38. The predicted octanol–water partition coefficient (Wildman–Crippen LogP) is 2.65. The van der Waals surface area contributed by atoms with Crippen LogP contribution in [0.5, 0.6) is 5.75 Å². The molecule has 2 amide bonds. The molecule has 0 radical (unpaired) electrons. The maximum absolute atomic E-state index is 12.6. The number of hydrogen-bond acceptors (Lipinski definition) is 5. The minimum Gasteiger partial charge on any atom is -0.497 e. The van der Waals surface area contributed by atoms with Crippen molar-refractivity contribution < 1.29 is 14.3 Å². The van der Waals surface area contributed by atoms with Crippen LogP contribution in [0.1, 0.15) is 32.1 Å². The summed E-state index contributed by atoms with van der Waals surface area (Å²) in [5.74, 6) is 0.608. The van der Waals surface area contributed by atoms with Crippen molar-refractivity contribution >= 4 is 34.4 Å². The predicted molar refractivity (Wildman–Crippen MR) is 97.9 cm³/mol. The summed E-state index contributed by atoms with van der Waals surface area (Å²) in [5, 5.41) is 3.21. The lowest BCUT2D eigenvalue weighted by molar-refractivity contribution is -0.129. The van der Waals surface area contributed by atoms with Gasteiger partial charge in [-0.2, -0.15) is 0 Å². The number of amides is 2. The van der Waals surface area contributed by atoms with Crippen LogP contribution >= 0.6 is 11.8 Å². The zero-order chi connectivity index (χ0) is 17.4. The first-order valence-electron chi connectivity index (χ1n) is 8.65. The van der Waals surface area contributed by atoms with Gasteiger partial charge < -0.3 is 10.1 Å². The summed E-state index contributed by atoms with van der Waals surface area (Å²) in [6, 6.07) is 7.81. The molecule has 25 heavy (non-hydrogen) atoms. The van der Waals surface area contributed by atoms with Gasteiger partial charge in [0, 0.05) is 18.2 Å². The molecule has 4 rings (SSSR count). The van der Waals surface area contributed by atoms with Gasteiger partial charge >= 0.3 is 0 Å². The quantitative estimate of drug-likeness (QED) is 0.877. The third kappa shape index (κ3) is 3.81. The molecule has 0 unspecified atom stereocenters. The molecular formula is C18H21N3O3S. The fourth-order valence-corrected chi connectivity index (χ4v) is 4.00. The van der Waals surface area contributed by atoms with Crippen LogP contribution in [0, 0.1) is 0 Å². The summed E-state index contributed by atoms with van der Waals surface area (Å²) in [6.45, 7) is 0. The van der Waals surface area contributed by atoms with Crippen molar-refractivity contribution in [2.45, 2.75) is 49.4 Å². The smallest absolute Gasteiger partial charge is 0.238 e. The van der Waals surface area contributed by atoms with Gasteiger partial charge in [-0.15, -0.1) is 0 Å². The van der Waals surface area contributed by atoms with Crippen LogP contribution in [0.3, 0.4) is 0 Å². The van der Waals surface area contributed by atoms with Gasteiger partial charge in [0.15, 0.2) is 5.17 Å². The van der Waals surface area contributed by atoms with E-state index < -0.39 is 5.25 Å². The van der Waals surface area contributed by atoms with E-state index >= 15 is 0 Å². The minimum atomic E-state index is -0.429. The average molecular weight is 359 g/mol. The normalized spacial score (nSPS) is 25.2. The lowest BCUT2D eigenvalue weighted by atomic mass is 10.2. The molecule has 1 heterocycles. The van der Waals surface area contributed by atoms with E-state index in [-0.39, 0.29) is 18.2 Å². The number of aliphatic imine (C=N–C) groups is 1. The van der Waals surface area contributed by atoms with Gasteiger partial charge in [-0.05, 0) is 49.9 Å². The average Bonchev–Trinajstić information content (AvgIpc) is 3.50. The van der Waals surface area contributed by atoms with Crippen molar-refractivity contribution in [2.24, 2.45) is 4.99 Å². The number of ether oxygens (including phenoxy) is 1. The number of nitrogens with one attached hydrogen (secondary N) is 1. The number of hydrogen-bond donors (Lipinski definition) is 1. The molecule has 6 nitrogen and oxygen atoms in total. The molecule has 2 aliphatic carbocycles. The number of carbonyl (C=O) groups is 2. The molecule has 2 saturated carbocycles. The molecule has 1 aromatic carbocycles. The van der Waals surface area contributed by atoms with Gasteiger partial charge in [0.25, 0.3) is 0 Å². The topological polar surface area (TPSA) is 71.0 Å². The van der Waals surface area contributed by atoms with Crippen molar-refractivity contribution in [3.8, 4) is 5.75 Å². The van der Waals surface area contributed by atoms with Gasteiger partial charge in [0.2, 0.25) is 11.8 Å². The molecule has 0 bridgehead atoms. The number of amidine groups is 1. The largest absolute Gasteiger partial charge is 0.497 e. The molecule has 1 saturated heterocycles. The van der Waals surface area contributed by atoms with Crippen LogP contribution in [-0.4, -0.2) is 46.3 Å². The van der Waals surface area contributed by atoms with Gasteiger partial charge in [0.05, 0.1) is 13.2 Å². The van der Waals surface area contributed by atoms with E-state index in [1.807, 2.05) is 4.90 Å². The standard InChI is InChI=1S/C18H21N3O3S/c1-24-14-8-4-11(5-9-14)19-17(23)15-10-16(22)21(13-6-7-13)18(25-15)20-12-2-3-12/h4-5,8-9,12-13,15H,2-3,6-7,10H2,1H3,(H,19,23)/t15-/m1/s1. The lowest BCUT2D eigenvalue weighted by Gasteiger charge is -2.32. The van der Waals surface area contributed by atoms with Gasteiger partial charge in [-0.1, -0.05) is 11.8 Å². The van der Waals surface area contributed by atoms with Crippen LogP contribution < -0.4 is 10.1 Å². The highest BCUT2D eigenvalue weighted by molar-refractivity contribution is 8.15. The molecule has 1 aromatic rings. The Balaban J connectivity index is 1.45. The van der Waals surface area contributed by atoms with E-state index in [1.54, 1.807) is 31.4 Å². The van der Waals surface area contributed by atoms with E-state index in [9.17, 15) is 9.59 Å². The van der Waals surface area contributed by atoms with E-state index in [4.69, 9.17) is 9.73 Å². The Morgan fingerprint density at radius 2 is 1.96 bits per heavy atom. The van der Waals surface area contributed by atoms with Crippen LogP contribution in [-0.2, 0) is 9.59 Å². The molecule has 0 spiro atoms. The van der Waals surface area contributed by atoms with Crippen molar-refractivity contribution in [2.75, 3.05) is 12.4 Å². The number of thioether (sulfide) groups is 1. The Hall–Kier alpha value is -2.02. The molecule has 1 aliphatic heterocycles. The first kappa shape index (κ1) is 16.4. The Morgan fingerprint density at radius 1 is 1.24 bits per heavy atom. The summed E-state index contributed by atoms with van der Waals surface area (Å²) in [6.07, 6.45) is 4.48. The minimum absolute atomic E-state index is 0.0236. The first-order valence-corrected chi connectivity index (χ1v) is 9.53. The molecule has 0 aromatic heterocycles. The fourth-order valence-electron chi connectivity index (χ4n) is 2.78. The van der Waals surface area contributed by atoms with Crippen LogP contribution in [0.4, 0.5) is 5.69 Å². The second-order valence-electron chi connectivity index (χ2n) is 6.67. The molecule has 1 N–H and O–H groups in total. The van der Waals surface area contributed by atoms with E-state index in [0.717, 1.165) is 36.6 Å². The number of rotatable bonds is 5. The second kappa shape index (κ2) is 6.71. The molecule has 7 heteroatoms. The first-order chi connectivity index (χ1) is 12.1. The zero-order valence-electron chi connectivity index (χ0n) is 14.1. The van der Waals surface area contributed by atoms with Gasteiger partial charge in [-0.25, -0.2) is 0 Å². The maximum atomic E-state index is 12.6. The number of benzene rings is 1. The van der Waals surface area contributed by atoms with Gasteiger partial charge in [0.1, 0.15) is 11.0 Å². The number of carbonyl (C=O) groups excluding carboxylic acids is 2. The highest BCUT2D eigenvalue weighted by atomic mass is 32.2. The summed E-state index contributed by atoms with van der Waals surface area (Å²) in [4.78, 5) is 31.7. The SMILES string of the molecule is COc1ccc(NC(=O)[C@H]2CC(=O)N(C3CC3)C(=NC3CC3)S2)cc1. The maximum Gasteiger partial charge on any atom is 0.238 e. The van der Waals surface area contributed by atoms with Crippen LogP contribution in [0.25, 0.3) is 0 Å². The summed E-state index contributed by atoms with van der Waals surface area (Å²) < 4.78 is 5.12. The molecule has 3 aliphatic rings. The van der Waals surface area contributed by atoms with E-state index in [0.29, 0.717) is 17.8 Å². The highest BCUT2D eigenvalue weighted by Gasteiger charge is 2.43. The Bertz CT molecular complexity index is 711. The Morgan fingerprint density at radius 3 is 2.56 bits per heavy atom. The van der Waals surface area contributed by atoms with Crippen molar-refractivity contribution in [3.63, 3.8) is 0 Å².